The Morgan fingerprint density at radius 3 is 2.64 bits per heavy atom. The van der Waals surface area contributed by atoms with E-state index in [9.17, 15) is 14.4 Å². The Labute approximate surface area is 133 Å². The Morgan fingerprint density at radius 1 is 1.27 bits per heavy atom. The highest BCUT2D eigenvalue weighted by atomic mass is 32.2. The van der Waals surface area contributed by atoms with Gasteiger partial charge in [0.15, 0.2) is 10.9 Å². The molecule has 0 spiro atoms. The SMILES string of the molecule is CC(=O)c1sc(NC(=O)CSc2nc(=O)[nH]nc2C)nc1C. The lowest BCUT2D eigenvalue weighted by Gasteiger charge is -2.02. The number of hydrogen-bond donors (Lipinski definition) is 2. The zero-order chi connectivity index (χ0) is 16.3. The van der Waals surface area contributed by atoms with E-state index < -0.39 is 5.69 Å². The molecule has 116 valence electrons. The van der Waals surface area contributed by atoms with Gasteiger partial charge in [-0.15, -0.1) is 0 Å². The van der Waals surface area contributed by atoms with Crippen LogP contribution >= 0.6 is 23.1 Å². The molecule has 0 fully saturated rings. The smallest absolute Gasteiger partial charge is 0.301 e. The lowest BCUT2D eigenvalue weighted by molar-refractivity contribution is -0.113. The van der Waals surface area contributed by atoms with Crippen LogP contribution in [0.5, 0.6) is 0 Å². The summed E-state index contributed by atoms with van der Waals surface area (Å²) in [5, 5.41) is 9.39. The highest BCUT2D eigenvalue weighted by Crippen LogP contribution is 2.23. The van der Waals surface area contributed by atoms with Gasteiger partial charge in [-0.25, -0.2) is 14.9 Å². The maximum absolute atomic E-state index is 11.9. The minimum atomic E-state index is -0.560. The van der Waals surface area contributed by atoms with Gasteiger partial charge in [0.2, 0.25) is 5.91 Å². The number of carbonyl (C=O) groups is 2. The van der Waals surface area contributed by atoms with E-state index in [1.807, 2.05) is 0 Å². The summed E-state index contributed by atoms with van der Waals surface area (Å²) < 4.78 is 0. The van der Waals surface area contributed by atoms with Crippen molar-refractivity contribution in [3.8, 4) is 0 Å². The van der Waals surface area contributed by atoms with Gasteiger partial charge in [-0.1, -0.05) is 23.1 Å². The fourth-order valence-corrected chi connectivity index (χ4v) is 3.20. The van der Waals surface area contributed by atoms with Crippen LogP contribution in [-0.2, 0) is 4.79 Å². The number of nitrogens with one attached hydrogen (secondary N) is 2. The van der Waals surface area contributed by atoms with Crippen molar-refractivity contribution in [2.24, 2.45) is 0 Å². The van der Waals surface area contributed by atoms with Crippen molar-refractivity contribution in [1.29, 1.82) is 0 Å². The molecule has 2 N–H and O–H groups in total. The van der Waals surface area contributed by atoms with Crippen LogP contribution in [0, 0.1) is 13.8 Å². The molecule has 0 radical (unpaired) electrons. The van der Waals surface area contributed by atoms with Crippen LogP contribution in [0.25, 0.3) is 0 Å². The fourth-order valence-electron chi connectivity index (χ4n) is 1.58. The first kappa shape index (κ1) is 16.3. The molecule has 2 rings (SSSR count). The maximum Gasteiger partial charge on any atom is 0.362 e. The van der Waals surface area contributed by atoms with Crippen molar-refractivity contribution >= 4 is 39.9 Å². The number of ketones is 1. The molecule has 0 aromatic carbocycles. The van der Waals surface area contributed by atoms with E-state index in [1.165, 1.54) is 6.92 Å². The topological polar surface area (TPSA) is 118 Å². The quantitative estimate of drug-likeness (QED) is 0.620. The Morgan fingerprint density at radius 2 is 2.00 bits per heavy atom. The molecule has 0 saturated heterocycles. The fraction of sp³-hybridized carbons (Fsp3) is 0.333. The zero-order valence-electron chi connectivity index (χ0n) is 12.1. The van der Waals surface area contributed by atoms with E-state index in [1.54, 1.807) is 13.8 Å². The van der Waals surface area contributed by atoms with Crippen molar-refractivity contribution in [3.05, 3.63) is 26.7 Å². The normalized spacial score (nSPS) is 10.5. The number of carbonyl (C=O) groups excluding carboxylic acids is 2. The summed E-state index contributed by atoms with van der Waals surface area (Å²) in [4.78, 5) is 42.7. The maximum atomic E-state index is 11.9. The van der Waals surface area contributed by atoms with Gasteiger partial charge in [0.05, 0.1) is 22.0 Å². The second kappa shape index (κ2) is 6.79. The number of anilines is 1. The molecule has 0 aliphatic carbocycles. The number of aromatic nitrogens is 4. The van der Waals surface area contributed by atoms with Gasteiger partial charge in [-0.2, -0.15) is 10.1 Å². The van der Waals surface area contributed by atoms with E-state index in [0.29, 0.717) is 26.4 Å². The number of thioether (sulfide) groups is 1. The van der Waals surface area contributed by atoms with Crippen LogP contribution in [0.15, 0.2) is 9.82 Å². The summed E-state index contributed by atoms with van der Waals surface area (Å²) in [6.07, 6.45) is 0. The summed E-state index contributed by atoms with van der Waals surface area (Å²) in [6, 6.07) is 0. The first-order valence-electron chi connectivity index (χ1n) is 6.21. The number of Topliss-reactive ketones (excluding diaryl/α,β-unsaturated/α-hetero) is 1. The van der Waals surface area contributed by atoms with Crippen molar-refractivity contribution < 1.29 is 9.59 Å². The third kappa shape index (κ3) is 3.98. The predicted octanol–water partition coefficient (Wildman–Crippen LogP) is 1.17. The number of aryl methyl sites for hydroxylation is 2. The second-order valence-electron chi connectivity index (χ2n) is 4.36. The number of nitrogens with zero attached hydrogens (tertiary/aromatic N) is 3. The Bertz CT molecular complexity index is 783. The molecule has 0 unspecified atom stereocenters. The number of thiazole rings is 1. The largest absolute Gasteiger partial charge is 0.362 e. The summed E-state index contributed by atoms with van der Waals surface area (Å²) in [7, 11) is 0. The Hall–Kier alpha value is -2.07. The summed E-state index contributed by atoms with van der Waals surface area (Å²) >= 11 is 2.25. The van der Waals surface area contributed by atoms with E-state index >= 15 is 0 Å². The number of H-pyrrole nitrogens is 1. The molecule has 22 heavy (non-hydrogen) atoms. The van der Waals surface area contributed by atoms with Crippen LogP contribution in [-0.4, -0.2) is 37.6 Å². The number of amides is 1. The lowest BCUT2D eigenvalue weighted by Crippen LogP contribution is -2.17. The van der Waals surface area contributed by atoms with E-state index in [4.69, 9.17) is 0 Å². The molecule has 2 aromatic rings. The molecule has 2 aromatic heterocycles. The van der Waals surface area contributed by atoms with Crippen LogP contribution in [0.3, 0.4) is 0 Å². The summed E-state index contributed by atoms with van der Waals surface area (Å²) in [6.45, 7) is 4.86. The van der Waals surface area contributed by atoms with E-state index in [-0.39, 0.29) is 17.4 Å². The van der Waals surface area contributed by atoms with Crippen LogP contribution in [0.2, 0.25) is 0 Å². The average Bonchev–Trinajstić information content (AvgIpc) is 2.80. The number of hydrogen-bond acceptors (Lipinski definition) is 8. The molecule has 0 aliphatic rings. The molecule has 1 amide bonds. The molecular formula is C12H13N5O3S2. The number of rotatable bonds is 5. The van der Waals surface area contributed by atoms with E-state index in [0.717, 1.165) is 23.1 Å². The monoisotopic (exact) mass is 339 g/mol. The van der Waals surface area contributed by atoms with Crippen molar-refractivity contribution in [2.75, 3.05) is 11.1 Å². The third-order valence-electron chi connectivity index (χ3n) is 2.53. The van der Waals surface area contributed by atoms with Crippen LogP contribution < -0.4 is 11.0 Å². The molecule has 10 heteroatoms. The minimum Gasteiger partial charge on any atom is -0.301 e. The van der Waals surface area contributed by atoms with Crippen molar-refractivity contribution in [1.82, 2.24) is 20.2 Å². The van der Waals surface area contributed by atoms with Crippen molar-refractivity contribution in [2.45, 2.75) is 25.8 Å². The molecule has 8 nitrogen and oxygen atoms in total. The minimum absolute atomic E-state index is 0.0625. The van der Waals surface area contributed by atoms with Gasteiger partial charge in [0.1, 0.15) is 5.03 Å². The first-order chi connectivity index (χ1) is 10.4. The highest BCUT2D eigenvalue weighted by molar-refractivity contribution is 8.00. The molecule has 2 heterocycles. The standard InChI is InChI=1S/C12H13N5O3S2/c1-5-9(7(3)18)22-12(13-5)14-8(19)4-21-10-6(2)16-17-11(20)15-10/h4H2,1-3H3,(H,13,14,19)(H,15,17,20). The average molecular weight is 339 g/mol. The van der Waals surface area contributed by atoms with Gasteiger partial charge in [0.25, 0.3) is 0 Å². The van der Waals surface area contributed by atoms with Gasteiger partial charge in [-0.05, 0) is 13.8 Å². The molecular weight excluding hydrogens is 326 g/mol. The van der Waals surface area contributed by atoms with Gasteiger partial charge < -0.3 is 5.32 Å². The van der Waals surface area contributed by atoms with Gasteiger partial charge in [-0.3, -0.25) is 9.59 Å². The summed E-state index contributed by atoms with van der Waals surface area (Å²) in [5.74, 6) is -0.317. The molecule has 0 atom stereocenters. The zero-order valence-corrected chi connectivity index (χ0v) is 13.7. The summed E-state index contributed by atoms with van der Waals surface area (Å²) in [5.41, 5.74) is 0.577. The van der Waals surface area contributed by atoms with Gasteiger partial charge >= 0.3 is 5.69 Å². The van der Waals surface area contributed by atoms with E-state index in [2.05, 4.69) is 25.5 Å². The van der Waals surface area contributed by atoms with Crippen molar-refractivity contribution in [3.63, 3.8) is 0 Å². The molecule has 0 aliphatic heterocycles. The number of aromatic amines is 1. The third-order valence-corrected chi connectivity index (χ3v) is 4.77. The Kier molecular flexibility index (Phi) is 5.03. The highest BCUT2D eigenvalue weighted by Gasteiger charge is 2.14. The first-order valence-corrected chi connectivity index (χ1v) is 8.01. The lowest BCUT2D eigenvalue weighted by atomic mass is 10.3. The predicted molar refractivity (Wildman–Crippen MR) is 83.6 cm³/mol. The van der Waals surface area contributed by atoms with Crippen LogP contribution in [0.4, 0.5) is 5.13 Å². The second-order valence-corrected chi connectivity index (χ2v) is 6.32. The van der Waals surface area contributed by atoms with Crippen LogP contribution in [0.1, 0.15) is 28.0 Å². The van der Waals surface area contributed by atoms with Gasteiger partial charge in [0, 0.05) is 6.92 Å². The molecule has 0 bridgehead atoms. The molecule has 0 saturated carbocycles. The Balaban J connectivity index is 1.99.